The van der Waals surface area contributed by atoms with Crippen molar-refractivity contribution < 1.29 is 21.2 Å². The molecule has 0 saturated carbocycles. The third kappa shape index (κ3) is 1.86. The van der Waals surface area contributed by atoms with E-state index in [9.17, 15) is 12.8 Å². The number of alkyl halides is 1. The molecule has 0 aromatic carbocycles. The van der Waals surface area contributed by atoms with Crippen LogP contribution in [0.1, 0.15) is 0 Å². The highest BCUT2D eigenvalue weighted by Gasteiger charge is 2.39. The Morgan fingerprint density at radius 1 is 1.45 bits per heavy atom. The summed E-state index contributed by atoms with van der Waals surface area (Å²) in [6, 6.07) is 1.24. The van der Waals surface area contributed by atoms with E-state index in [-0.39, 0.29) is 0 Å². The van der Waals surface area contributed by atoms with Crippen molar-refractivity contribution >= 4 is 10.4 Å². The van der Waals surface area contributed by atoms with Crippen LogP contribution in [0, 0.1) is 11.3 Å². The second kappa shape index (κ2) is 2.41. The van der Waals surface area contributed by atoms with E-state index in [1.165, 1.54) is 6.07 Å². The highest BCUT2D eigenvalue weighted by Crippen LogP contribution is 2.19. The molecule has 0 atom stereocenters. The monoisotopic (exact) mass is 181 g/mol. The van der Waals surface area contributed by atoms with Crippen LogP contribution < -0.4 is 0 Å². The first-order chi connectivity index (χ1) is 4.97. The van der Waals surface area contributed by atoms with Crippen LogP contribution in [-0.2, 0) is 18.8 Å². The van der Waals surface area contributed by atoms with Gasteiger partial charge in [0.15, 0.2) is 0 Å². The van der Waals surface area contributed by atoms with Crippen LogP contribution in [0.3, 0.4) is 0 Å². The van der Waals surface area contributed by atoms with Crippen LogP contribution in [0.25, 0.3) is 0 Å². The summed E-state index contributed by atoms with van der Waals surface area (Å²) in [6.07, 6.45) is 0. The summed E-state index contributed by atoms with van der Waals surface area (Å²) in [4.78, 5) is 0. The average Bonchev–Trinajstić information content (AvgIpc) is 1.97. The Bertz CT molecular complexity index is 278. The minimum absolute atomic E-state index is 0.800. The summed E-state index contributed by atoms with van der Waals surface area (Å²) in [5.41, 5.74) is -2.34. The standard InChI is InChI=1S/C4H4FNO4S/c5-4(1-6)2-9-11(7,8)10-3-4/h2-3H2. The molecule has 0 amide bonds. The molecule has 1 saturated heterocycles. The molecule has 0 N–H and O–H groups in total. The first-order valence-electron chi connectivity index (χ1n) is 2.61. The molecule has 5 nitrogen and oxygen atoms in total. The first kappa shape index (κ1) is 8.39. The normalized spacial score (nSPS) is 27.3. The molecule has 0 bridgehead atoms. The number of halogens is 1. The molecule has 1 aliphatic rings. The fourth-order valence-corrected chi connectivity index (χ4v) is 1.20. The van der Waals surface area contributed by atoms with Gasteiger partial charge in [-0.15, -0.1) is 0 Å². The van der Waals surface area contributed by atoms with E-state index in [1.54, 1.807) is 0 Å². The highest BCUT2D eigenvalue weighted by molar-refractivity contribution is 7.81. The van der Waals surface area contributed by atoms with Crippen molar-refractivity contribution in [2.75, 3.05) is 13.2 Å². The molecule has 62 valence electrons. The molecular formula is C4H4FNO4S. The second-order valence-corrected chi connectivity index (χ2v) is 3.30. The molecule has 1 heterocycles. The predicted molar refractivity (Wildman–Crippen MR) is 30.3 cm³/mol. The molecule has 0 aliphatic carbocycles. The van der Waals surface area contributed by atoms with Crippen LogP contribution in [-0.4, -0.2) is 27.3 Å². The van der Waals surface area contributed by atoms with Gasteiger partial charge in [0.1, 0.15) is 19.3 Å². The largest absolute Gasteiger partial charge is 0.400 e. The maximum Gasteiger partial charge on any atom is 0.400 e. The Labute approximate surface area is 62.7 Å². The van der Waals surface area contributed by atoms with Crippen LogP contribution in [0.15, 0.2) is 0 Å². The van der Waals surface area contributed by atoms with E-state index < -0.39 is 29.3 Å². The summed E-state index contributed by atoms with van der Waals surface area (Å²) in [6.45, 7) is -1.60. The lowest BCUT2D eigenvalue weighted by Crippen LogP contribution is -2.40. The molecule has 1 rings (SSSR count). The van der Waals surface area contributed by atoms with Gasteiger partial charge in [-0.05, 0) is 0 Å². The van der Waals surface area contributed by atoms with Gasteiger partial charge in [0, 0.05) is 0 Å². The second-order valence-electron chi connectivity index (χ2n) is 2.01. The summed E-state index contributed by atoms with van der Waals surface area (Å²) < 4.78 is 41.3. The molecule has 7 heteroatoms. The van der Waals surface area contributed by atoms with E-state index in [4.69, 9.17) is 5.26 Å². The highest BCUT2D eigenvalue weighted by atomic mass is 32.3. The van der Waals surface area contributed by atoms with Gasteiger partial charge >= 0.3 is 10.4 Å². The Kier molecular flexibility index (Phi) is 1.83. The van der Waals surface area contributed by atoms with Crippen molar-refractivity contribution in [3.63, 3.8) is 0 Å². The minimum Gasteiger partial charge on any atom is -0.244 e. The zero-order chi connectivity index (χ0) is 8.54. The van der Waals surface area contributed by atoms with E-state index in [2.05, 4.69) is 8.37 Å². The number of nitriles is 1. The third-order valence-electron chi connectivity index (χ3n) is 1.06. The maximum atomic E-state index is 12.8. The van der Waals surface area contributed by atoms with Gasteiger partial charge in [-0.25, -0.2) is 12.8 Å². The summed E-state index contributed by atoms with van der Waals surface area (Å²) >= 11 is 0. The Morgan fingerprint density at radius 2 is 1.91 bits per heavy atom. The van der Waals surface area contributed by atoms with Gasteiger partial charge in [0.05, 0.1) is 0 Å². The number of hydrogen-bond donors (Lipinski definition) is 0. The summed E-state index contributed by atoms with van der Waals surface area (Å²) in [7, 11) is -4.05. The van der Waals surface area contributed by atoms with Gasteiger partial charge in [-0.2, -0.15) is 13.7 Å². The molecule has 0 aromatic rings. The number of hydrogen-bond acceptors (Lipinski definition) is 5. The Morgan fingerprint density at radius 3 is 2.27 bits per heavy atom. The van der Waals surface area contributed by atoms with Crippen LogP contribution in [0.2, 0.25) is 0 Å². The zero-order valence-corrected chi connectivity index (χ0v) is 6.10. The van der Waals surface area contributed by atoms with Crippen LogP contribution in [0.4, 0.5) is 4.39 Å². The SMILES string of the molecule is N#CC1(F)COS(=O)(=O)OC1. The molecule has 1 fully saturated rings. The molecule has 1 aliphatic heterocycles. The third-order valence-corrected chi connectivity index (χ3v) is 1.88. The fraction of sp³-hybridized carbons (Fsp3) is 0.750. The lowest BCUT2D eigenvalue weighted by atomic mass is 10.2. The average molecular weight is 181 g/mol. The molecular weight excluding hydrogens is 177 g/mol. The minimum atomic E-state index is -4.05. The molecule has 0 unspecified atom stereocenters. The molecule has 0 radical (unpaired) electrons. The molecule has 11 heavy (non-hydrogen) atoms. The van der Waals surface area contributed by atoms with Gasteiger partial charge in [-0.3, -0.25) is 0 Å². The summed E-state index contributed by atoms with van der Waals surface area (Å²) in [5, 5.41) is 8.14. The number of rotatable bonds is 0. The van der Waals surface area contributed by atoms with Crippen molar-refractivity contribution in [3.8, 4) is 6.07 Å². The Balaban J connectivity index is 2.71. The maximum absolute atomic E-state index is 12.8. The van der Waals surface area contributed by atoms with Gasteiger partial charge in [0.2, 0.25) is 5.67 Å². The molecule has 0 aromatic heterocycles. The van der Waals surface area contributed by atoms with Gasteiger partial charge in [-0.1, -0.05) is 0 Å². The van der Waals surface area contributed by atoms with E-state index in [0.29, 0.717) is 0 Å². The fourth-order valence-electron chi connectivity index (χ4n) is 0.471. The quantitative estimate of drug-likeness (QED) is 0.504. The van der Waals surface area contributed by atoms with Crippen LogP contribution in [0.5, 0.6) is 0 Å². The van der Waals surface area contributed by atoms with E-state index >= 15 is 0 Å². The lowest BCUT2D eigenvalue weighted by molar-refractivity contribution is 0.0318. The molecule has 0 spiro atoms. The first-order valence-corrected chi connectivity index (χ1v) is 3.95. The van der Waals surface area contributed by atoms with E-state index in [0.717, 1.165) is 0 Å². The Hall–Kier alpha value is -0.710. The van der Waals surface area contributed by atoms with Gasteiger partial charge in [0.25, 0.3) is 0 Å². The van der Waals surface area contributed by atoms with E-state index in [1.807, 2.05) is 0 Å². The van der Waals surface area contributed by atoms with Crippen molar-refractivity contribution in [3.05, 3.63) is 0 Å². The summed E-state index contributed by atoms with van der Waals surface area (Å²) in [5.74, 6) is 0. The zero-order valence-electron chi connectivity index (χ0n) is 5.28. The topological polar surface area (TPSA) is 76.4 Å². The smallest absolute Gasteiger partial charge is 0.244 e. The lowest BCUT2D eigenvalue weighted by Gasteiger charge is -2.21. The van der Waals surface area contributed by atoms with Crippen LogP contribution >= 0.6 is 0 Å². The van der Waals surface area contributed by atoms with Crippen molar-refractivity contribution in [2.24, 2.45) is 0 Å². The van der Waals surface area contributed by atoms with Gasteiger partial charge < -0.3 is 0 Å². The predicted octanol–water partition coefficient (Wildman–Crippen LogP) is -0.490. The van der Waals surface area contributed by atoms with Crippen molar-refractivity contribution in [1.29, 1.82) is 5.26 Å². The van der Waals surface area contributed by atoms with Crippen molar-refractivity contribution in [2.45, 2.75) is 5.67 Å². The number of nitrogens with zero attached hydrogens (tertiary/aromatic N) is 1. The van der Waals surface area contributed by atoms with Crippen molar-refractivity contribution in [1.82, 2.24) is 0 Å².